The molecule has 144 valence electrons. The highest BCUT2D eigenvalue weighted by molar-refractivity contribution is 5.97. The van der Waals surface area contributed by atoms with Crippen LogP contribution in [0.4, 0.5) is 0 Å². The molecule has 0 unspecified atom stereocenters. The number of benzene rings is 1. The van der Waals surface area contributed by atoms with E-state index in [9.17, 15) is 4.79 Å². The lowest BCUT2D eigenvalue weighted by molar-refractivity contribution is 0.0989. The second-order valence-corrected chi connectivity index (χ2v) is 7.23. The van der Waals surface area contributed by atoms with Crippen molar-refractivity contribution >= 4 is 16.8 Å². The van der Waals surface area contributed by atoms with E-state index in [0.29, 0.717) is 18.0 Å². The van der Waals surface area contributed by atoms with Gasteiger partial charge < -0.3 is 9.15 Å². The summed E-state index contributed by atoms with van der Waals surface area (Å²) in [4.78, 5) is 11.5. The molecule has 0 aliphatic heterocycles. The molecule has 0 bridgehead atoms. The average Bonchev–Trinajstić information content (AvgIpc) is 3.08. The summed E-state index contributed by atoms with van der Waals surface area (Å²) in [6.45, 7) is 4.48. The molecule has 0 fully saturated rings. The molecule has 0 N–H and O–H groups in total. The number of rotatable bonds is 14. The number of fused-ring (bicyclic) bond motifs is 1. The van der Waals surface area contributed by atoms with Crippen LogP contribution in [-0.2, 0) is 0 Å². The predicted molar refractivity (Wildman–Crippen MR) is 108 cm³/mol. The van der Waals surface area contributed by atoms with Gasteiger partial charge in [-0.05, 0) is 18.6 Å². The van der Waals surface area contributed by atoms with Crippen molar-refractivity contribution in [2.24, 2.45) is 0 Å². The van der Waals surface area contributed by atoms with Crippen molar-refractivity contribution in [3.63, 3.8) is 0 Å². The Morgan fingerprint density at radius 1 is 0.923 bits per heavy atom. The van der Waals surface area contributed by atoms with Crippen LogP contribution in [0, 0.1) is 0 Å². The maximum absolute atomic E-state index is 11.5. The zero-order valence-corrected chi connectivity index (χ0v) is 16.5. The normalized spacial score (nSPS) is 11.2. The summed E-state index contributed by atoms with van der Waals surface area (Å²) in [6.07, 6.45) is 14.6. The lowest BCUT2D eigenvalue weighted by Crippen LogP contribution is -1.97. The Kier molecular flexibility index (Phi) is 9.30. The van der Waals surface area contributed by atoms with Crippen LogP contribution in [0.2, 0.25) is 0 Å². The fraction of sp³-hybridized carbons (Fsp3) is 0.609. The van der Waals surface area contributed by atoms with E-state index >= 15 is 0 Å². The van der Waals surface area contributed by atoms with Crippen LogP contribution in [0.1, 0.15) is 95.0 Å². The molecule has 1 aromatic carbocycles. The summed E-state index contributed by atoms with van der Waals surface area (Å²) in [7, 11) is 0. The Morgan fingerprint density at radius 3 is 2.15 bits per heavy atom. The zero-order chi connectivity index (χ0) is 18.6. The van der Waals surface area contributed by atoms with Crippen LogP contribution < -0.4 is 4.74 Å². The number of carbonyl (C=O) groups excluding carboxylic acids is 1. The molecular formula is C23H34O3. The second kappa shape index (κ2) is 11.8. The highest BCUT2D eigenvalue weighted by Crippen LogP contribution is 2.29. The van der Waals surface area contributed by atoms with Crippen LogP contribution in [0.3, 0.4) is 0 Å². The van der Waals surface area contributed by atoms with E-state index in [1.54, 1.807) is 6.07 Å². The van der Waals surface area contributed by atoms with Crippen molar-refractivity contribution in [2.75, 3.05) is 6.61 Å². The van der Waals surface area contributed by atoms with Crippen molar-refractivity contribution in [2.45, 2.75) is 84.5 Å². The van der Waals surface area contributed by atoms with Crippen molar-refractivity contribution < 1.29 is 13.9 Å². The van der Waals surface area contributed by atoms with Crippen LogP contribution in [-0.4, -0.2) is 12.4 Å². The fourth-order valence-electron chi connectivity index (χ4n) is 3.27. The van der Waals surface area contributed by atoms with Gasteiger partial charge in [0.25, 0.3) is 0 Å². The van der Waals surface area contributed by atoms with Crippen LogP contribution in [0.25, 0.3) is 11.0 Å². The number of carbonyl (C=O) groups is 1. The number of furan rings is 1. The van der Waals surface area contributed by atoms with Crippen LogP contribution >= 0.6 is 0 Å². The standard InChI is InChI=1S/C23H34O3/c1-3-4-5-6-7-8-9-10-11-12-13-17-25-21-16-14-15-20-18-22(19(2)24)26-23(20)21/h14-16,18H,3-13,17H2,1-2H3. The first-order valence-corrected chi connectivity index (χ1v) is 10.4. The fourth-order valence-corrected chi connectivity index (χ4v) is 3.27. The van der Waals surface area contributed by atoms with Crippen LogP contribution in [0.15, 0.2) is 28.7 Å². The van der Waals surface area contributed by atoms with Gasteiger partial charge in [0.05, 0.1) is 6.61 Å². The topological polar surface area (TPSA) is 39.4 Å². The molecule has 3 heteroatoms. The highest BCUT2D eigenvalue weighted by atomic mass is 16.5. The third-order valence-corrected chi connectivity index (χ3v) is 4.86. The number of para-hydroxylation sites is 1. The average molecular weight is 359 g/mol. The maximum Gasteiger partial charge on any atom is 0.194 e. The number of unbranched alkanes of at least 4 members (excludes halogenated alkanes) is 10. The Bertz CT molecular complexity index is 657. The molecule has 0 saturated carbocycles. The van der Waals surface area contributed by atoms with Gasteiger partial charge in [0, 0.05) is 12.3 Å². The first kappa shape index (κ1) is 20.5. The third-order valence-electron chi connectivity index (χ3n) is 4.86. The Labute approximate surface area is 158 Å². The minimum atomic E-state index is -0.0579. The Hall–Kier alpha value is -1.77. The van der Waals surface area contributed by atoms with Crippen molar-refractivity contribution in [3.05, 3.63) is 30.0 Å². The quantitative estimate of drug-likeness (QED) is 0.262. The Morgan fingerprint density at radius 2 is 1.54 bits per heavy atom. The van der Waals surface area contributed by atoms with Gasteiger partial charge in [-0.1, -0.05) is 83.3 Å². The van der Waals surface area contributed by atoms with E-state index in [-0.39, 0.29) is 5.78 Å². The number of hydrogen-bond acceptors (Lipinski definition) is 3. The Balaban J connectivity index is 1.58. The SMILES string of the molecule is CCCCCCCCCCCCCOc1cccc2cc(C(C)=O)oc12. The molecule has 0 atom stereocenters. The van der Waals surface area contributed by atoms with E-state index in [1.165, 1.54) is 71.1 Å². The molecule has 0 aliphatic carbocycles. The summed E-state index contributed by atoms with van der Waals surface area (Å²) in [5.74, 6) is 1.07. The monoisotopic (exact) mass is 358 g/mol. The summed E-state index contributed by atoms with van der Waals surface area (Å²) < 4.78 is 11.5. The van der Waals surface area contributed by atoms with Gasteiger partial charge >= 0.3 is 0 Å². The third kappa shape index (κ3) is 6.86. The van der Waals surface area contributed by atoms with E-state index < -0.39 is 0 Å². The van der Waals surface area contributed by atoms with E-state index in [2.05, 4.69) is 6.92 Å². The number of ether oxygens (including phenoxy) is 1. The largest absolute Gasteiger partial charge is 0.490 e. The molecule has 2 aromatic rings. The molecule has 3 nitrogen and oxygen atoms in total. The first-order chi connectivity index (χ1) is 12.7. The second-order valence-electron chi connectivity index (χ2n) is 7.23. The molecule has 0 radical (unpaired) electrons. The van der Waals surface area contributed by atoms with Gasteiger partial charge in [-0.3, -0.25) is 4.79 Å². The molecule has 0 aliphatic rings. The van der Waals surface area contributed by atoms with E-state index in [1.807, 2.05) is 18.2 Å². The molecular weight excluding hydrogens is 324 g/mol. The number of hydrogen-bond donors (Lipinski definition) is 0. The van der Waals surface area contributed by atoms with Crippen molar-refractivity contribution in [1.29, 1.82) is 0 Å². The number of Topliss-reactive ketones (excluding diaryl/α,β-unsaturated/α-hetero) is 1. The highest BCUT2D eigenvalue weighted by Gasteiger charge is 2.11. The van der Waals surface area contributed by atoms with Crippen LogP contribution in [0.5, 0.6) is 5.75 Å². The van der Waals surface area contributed by atoms with Gasteiger partial charge in [-0.25, -0.2) is 0 Å². The lowest BCUT2D eigenvalue weighted by atomic mass is 10.1. The first-order valence-electron chi connectivity index (χ1n) is 10.4. The smallest absolute Gasteiger partial charge is 0.194 e. The minimum Gasteiger partial charge on any atom is -0.490 e. The predicted octanol–water partition coefficient (Wildman–Crippen LogP) is 7.33. The summed E-state index contributed by atoms with van der Waals surface area (Å²) in [5, 5.41) is 0.923. The van der Waals surface area contributed by atoms with Gasteiger partial charge in [0.2, 0.25) is 0 Å². The van der Waals surface area contributed by atoms with Crippen molar-refractivity contribution in [1.82, 2.24) is 0 Å². The number of ketones is 1. The maximum atomic E-state index is 11.5. The van der Waals surface area contributed by atoms with E-state index in [4.69, 9.17) is 9.15 Å². The molecule has 0 amide bonds. The molecule has 1 heterocycles. The summed E-state index contributed by atoms with van der Waals surface area (Å²) in [6, 6.07) is 7.58. The van der Waals surface area contributed by atoms with Gasteiger partial charge in [0.1, 0.15) is 0 Å². The molecule has 0 saturated heterocycles. The molecule has 1 aromatic heterocycles. The molecule has 0 spiro atoms. The van der Waals surface area contributed by atoms with Gasteiger partial charge in [0.15, 0.2) is 22.9 Å². The molecule has 26 heavy (non-hydrogen) atoms. The minimum absolute atomic E-state index is 0.0579. The zero-order valence-electron chi connectivity index (χ0n) is 16.5. The molecule has 2 rings (SSSR count). The van der Waals surface area contributed by atoms with E-state index in [0.717, 1.165) is 17.6 Å². The summed E-state index contributed by atoms with van der Waals surface area (Å²) in [5.41, 5.74) is 0.681. The van der Waals surface area contributed by atoms with Gasteiger partial charge in [-0.2, -0.15) is 0 Å². The summed E-state index contributed by atoms with van der Waals surface area (Å²) >= 11 is 0. The van der Waals surface area contributed by atoms with Crippen molar-refractivity contribution in [3.8, 4) is 5.75 Å². The lowest BCUT2D eigenvalue weighted by Gasteiger charge is -2.06. The van der Waals surface area contributed by atoms with Gasteiger partial charge in [-0.15, -0.1) is 0 Å².